The lowest BCUT2D eigenvalue weighted by Gasteiger charge is -2.32. The zero-order valence-electron chi connectivity index (χ0n) is 17.5. The highest BCUT2D eigenvalue weighted by molar-refractivity contribution is 7.98. The third-order valence-corrected chi connectivity index (χ3v) is 7.33. The fourth-order valence-electron chi connectivity index (χ4n) is 4.26. The number of piperidine rings is 1. The second kappa shape index (κ2) is 9.10. The van der Waals surface area contributed by atoms with Gasteiger partial charge in [-0.1, -0.05) is 53.7 Å². The van der Waals surface area contributed by atoms with E-state index < -0.39 is 0 Å². The van der Waals surface area contributed by atoms with E-state index in [0.29, 0.717) is 5.92 Å². The second-order valence-electron chi connectivity index (χ2n) is 8.05. The van der Waals surface area contributed by atoms with Crippen LogP contribution in [0.2, 0.25) is 5.02 Å². The second-order valence-corrected chi connectivity index (χ2v) is 9.39. The molecule has 2 aliphatic heterocycles. The summed E-state index contributed by atoms with van der Waals surface area (Å²) in [6, 6.07) is 14.3. The Bertz CT molecular complexity index is 1060. The van der Waals surface area contributed by atoms with Crippen molar-refractivity contribution in [1.82, 2.24) is 19.7 Å². The average Bonchev–Trinajstić information content (AvgIpc) is 3.39. The Kier molecular flexibility index (Phi) is 6.07. The van der Waals surface area contributed by atoms with Gasteiger partial charge in [0.2, 0.25) is 6.79 Å². The van der Waals surface area contributed by atoms with Gasteiger partial charge in [-0.2, -0.15) is 0 Å². The Morgan fingerprint density at radius 1 is 1.13 bits per heavy atom. The first-order valence-corrected chi connectivity index (χ1v) is 11.9. The fourth-order valence-corrected chi connectivity index (χ4v) is 5.35. The zero-order valence-corrected chi connectivity index (χ0v) is 19.0. The zero-order chi connectivity index (χ0) is 21.2. The van der Waals surface area contributed by atoms with Crippen molar-refractivity contribution in [3.63, 3.8) is 0 Å². The standard InChI is InChI=1S/C23H25ClN4O2S/c1-27-22(25-26-23(27)31-14-16-6-3-2-4-7-16)17-8-5-9-28(12-17)13-18-10-20-21(11-19(18)24)30-15-29-20/h2-4,6-7,10-11,17H,5,8-9,12-15H2,1H3. The SMILES string of the molecule is Cn1c(SCc2ccccc2)nnc1C1CCCN(Cc2cc3c(cc2Cl)OCO3)C1. The van der Waals surface area contributed by atoms with Crippen LogP contribution in [0.25, 0.3) is 0 Å². The lowest BCUT2D eigenvalue weighted by molar-refractivity contribution is 0.173. The van der Waals surface area contributed by atoms with E-state index in [2.05, 4.69) is 51.0 Å². The predicted molar refractivity (Wildman–Crippen MR) is 122 cm³/mol. The van der Waals surface area contributed by atoms with Crippen LogP contribution in [-0.4, -0.2) is 39.5 Å². The molecule has 0 saturated carbocycles. The van der Waals surface area contributed by atoms with Gasteiger partial charge in [0.15, 0.2) is 16.7 Å². The van der Waals surface area contributed by atoms with Gasteiger partial charge in [0.05, 0.1) is 0 Å². The summed E-state index contributed by atoms with van der Waals surface area (Å²) < 4.78 is 13.1. The number of nitrogens with zero attached hydrogens (tertiary/aromatic N) is 4. The molecular weight excluding hydrogens is 432 g/mol. The Morgan fingerprint density at radius 3 is 2.77 bits per heavy atom. The summed E-state index contributed by atoms with van der Waals surface area (Å²) >= 11 is 8.24. The molecule has 8 heteroatoms. The first-order chi connectivity index (χ1) is 15.2. The van der Waals surface area contributed by atoms with E-state index in [9.17, 15) is 0 Å². The van der Waals surface area contributed by atoms with Crippen LogP contribution in [0.5, 0.6) is 11.5 Å². The number of likely N-dealkylation sites (tertiary alicyclic amines) is 1. The first-order valence-electron chi connectivity index (χ1n) is 10.5. The van der Waals surface area contributed by atoms with Crippen molar-refractivity contribution in [2.24, 2.45) is 7.05 Å². The highest BCUT2D eigenvalue weighted by Gasteiger charge is 2.27. The van der Waals surface area contributed by atoms with E-state index in [0.717, 1.165) is 71.3 Å². The Labute approximate surface area is 191 Å². The van der Waals surface area contributed by atoms with Crippen molar-refractivity contribution in [3.8, 4) is 11.5 Å². The van der Waals surface area contributed by atoms with Crippen LogP contribution in [0, 0.1) is 0 Å². The summed E-state index contributed by atoms with van der Waals surface area (Å²) in [6.07, 6.45) is 2.26. The van der Waals surface area contributed by atoms with Gasteiger partial charge < -0.3 is 14.0 Å². The van der Waals surface area contributed by atoms with E-state index in [4.69, 9.17) is 21.1 Å². The van der Waals surface area contributed by atoms with Crippen molar-refractivity contribution >= 4 is 23.4 Å². The Morgan fingerprint density at radius 2 is 1.94 bits per heavy atom. The van der Waals surface area contributed by atoms with Crippen LogP contribution in [-0.2, 0) is 19.3 Å². The van der Waals surface area contributed by atoms with Gasteiger partial charge in [0, 0.05) is 42.9 Å². The van der Waals surface area contributed by atoms with E-state index >= 15 is 0 Å². The Balaban J connectivity index is 1.25. The number of ether oxygens (including phenoxy) is 2. The van der Waals surface area contributed by atoms with Gasteiger partial charge in [-0.05, 0) is 36.6 Å². The molecule has 0 amide bonds. The number of thioether (sulfide) groups is 1. The Hall–Kier alpha value is -2.22. The van der Waals surface area contributed by atoms with E-state index in [-0.39, 0.29) is 6.79 Å². The van der Waals surface area contributed by atoms with E-state index in [1.165, 1.54) is 5.56 Å². The molecule has 0 spiro atoms. The number of hydrogen-bond donors (Lipinski definition) is 0. The summed E-state index contributed by atoms with van der Waals surface area (Å²) in [4.78, 5) is 2.45. The topological polar surface area (TPSA) is 52.4 Å². The molecular formula is C23H25ClN4O2S. The fraction of sp³-hybridized carbons (Fsp3) is 0.391. The summed E-state index contributed by atoms with van der Waals surface area (Å²) in [5.41, 5.74) is 2.37. The molecule has 2 aliphatic rings. The van der Waals surface area contributed by atoms with Crippen LogP contribution >= 0.6 is 23.4 Å². The monoisotopic (exact) mass is 456 g/mol. The van der Waals surface area contributed by atoms with Gasteiger partial charge >= 0.3 is 0 Å². The van der Waals surface area contributed by atoms with Crippen molar-refractivity contribution in [2.75, 3.05) is 19.9 Å². The molecule has 1 fully saturated rings. The number of benzene rings is 2. The number of hydrogen-bond acceptors (Lipinski definition) is 6. The van der Waals surface area contributed by atoms with Crippen LogP contribution in [0.4, 0.5) is 0 Å². The molecule has 0 radical (unpaired) electrons. The van der Waals surface area contributed by atoms with Crippen LogP contribution in [0.1, 0.15) is 35.7 Å². The van der Waals surface area contributed by atoms with E-state index in [1.54, 1.807) is 11.8 Å². The molecule has 0 N–H and O–H groups in total. The first kappa shape index (κ1) is 20.7. The van der Waals surface area contributed by atoms with Crippen molar-refractivity contribution in [3.05, 3.63) is 64.4 Å². The molecule has 3 aromatic rings. The maximum Gasteiger partial charge on any atom is 0.231 e. The maximum atomic E-state index is 6.50. The quantitative estimate of drug-likeness (QED) is 0.493. The highest BCUT2D eigenvalue weighted by atomic mass is 35.5. The molecule has 0 bridgehead atoms. The van der Waals surface area contributed by atoms with Gasteiger partial charge in [-0.25, -0.2) is 0 Å². The molecule has 0 aliphatic carbocycles. The van der Waals surface area contributed by atoms with Gasteiger partial charge in [0.25, 0.3) is 0 Å². The smallest absolute Gasteiger partial charge is 0.231 e. The largest absolute Gasteiger partial charge is 0.454 e. The molecule has 162 valence electrons. The number of halogens is 1. The van der Waals surface area contributed by atoms with Crippen LogP contribution in [0.3, 0.4) is 0 Å². The van der Waals surface area contributed by atoms with Crippen LogP contribution < -0.4 is 9.47 Å². The summed E-state index contributed by atoms with van der Waals surface area (Å²) in [7, 11) is 2.08. The molecule has 5 rings (SSSR count). The lowest BCUT2D eigenvalue weighted by atomic mass is 9.96. The van der Waals surface area contributed by atoms with Crippen molar-refractivity contribution in [1.29, 1.82) is 0 Å². The highest BCUT2D eigenvalue weighted by Crippen LogP contribution is 2.38. The van der Waals surface area contributed by atoms with Crippen molar-refractivity contribution in [2.45, 2.75) is 36.2 Å². The maximum absolute atomic E-state index is 6.50. The molecule has 1 aromatic heterocycles. The number of fused-ring (bicyclic) bond motifs is 1. The average molecular weight is 457 g/mol. The molecule has 3 heterocycles. The minimum absolute atomic E-state index is 0.262. The van der Waals surface area contributed by atoms with Gasteiger partial charge in [-0.15, -0.1) is 10.2 Å². The molecule has 6 nitrogen and oxygen atoms in total. The third kappa shape index (κ3) is 4.54. The predicted octanol–water partition coefficient (Wildman–Crippen LogP) is 4.87. The minimum atomic E-state index is 0.262. The van der Waals surface area contributed by atoms with E-state index in [1.807, 2.05) is 18.2 Å². The number of aromatic nitrogens is 3. The normalized spacial score (nSPS) is 18.5. The minimum Gasteiger partial charge on any atom is -0.454 e. The van der Waals surface area contributed by atoms with Crippen molar-refractivity contribution < 1.29 is 9.47 Å². The van der Waals surface area contributed by atoms with Gasteiger partial charge in [-0.3, -0.25) is 4.90 Å². The summed E-state index contributed by atoms with van der Waals surface area (Å²) in [5, 5.41) is 10.7. The lowest BCUT2D eigenvalue weighted by Crippen LogP contribution is -2.34. The molecule has 31 heavy (non-hydrogen) atoms. The molecule has 1 saturated heterocycles. The third-order valence-electron chi connectivity index (χ3n) is 5.89. The van der Waals surface area contributed by atoms with Crippen LogP contribution in [0.15, 0.2) is 47.6 Å². The molecule has 2 aromatic carbocycles. The summed E-state index contributed by atoms with van der Waals surface area (Å²) in [5.74, 6) is 3.83. The molecule has 1 atom stereocenters. The van der Waals surface area contributed by atoms with Gasteiger partial charge in [0.1, 0.15) is 5.82 Å². The number of rotatable bonds is 6. The molecule has 1 unspecified atom stereocenters. The summed E-state index contributed by atoms with van der Waals surface area (Å²) in [6.45, 7) is 3.05.